The number of likely N-dealkylation sites (tertiary alicyclic amines) is 1. The molecule has 15 heavy (non-hydrogen) atoms. The lowest BCUT2D eigenvalue weighted by atomic mass is 10.1. The first-order valence-electron chi connectivity index (χ1n) is 6.09. The summed E-state index contributed by atoms with van der Waals surface area (Å²) in [5.74, 6) is 0.726. The molecule has 0 spiro atoms. The van der Waals surface area contributed by atoms with E-state index in [1.54, 1.807) is 0 Å². The highest BCUT2D eigenvalue weighted by Crippen LogP contribution is 2.12. The van der Waals surface area contributed by atoms with Gasteiger partial charge in [0.05, 0.1) is 5.54 Å². The quantitative estimate of drug-likeness (QED) is 0.493. The third-order valence-electron chi connectivity index (χ3n) is 2.63. The van der Waals surface area contributed by atoms with Crippen molar-refractivity contribution in [1.82, 2.24) is 4.90 Å². The van der Waals surface area contributed by atoms with Crippen LogP contribution in [0, 0.1) is 0 Å². The smallest absolute Gasteiger partial charge is 0.191 e. The van der Waals surface area contributed by atoms with Crippen molar-refractivity contribution >= 4 is 5.96 Å². The van der Waals surface area contributed by atoms with E-state index in [0.717, 1.165) is 19.0 Å². The second-order valence-electron chi connectivity index (χ2n) is 5.40. The highest BCUT2D eigenvalue weighted by molar-refractivity contribution is 5.78. The Morgan fingerprint density at radius 3 is 1.93 bits per heavy atom. The van der Waals surface area contributed by atoms with Gasteiger partial charge in [-0.25, -0.2) is 4.99 Å². The molecule has 0 amide bonds. The molecule has 2 N–H and O–H groups in total. The van der Waals surface area contributed by atoms with E-state index in [1.807, 2.05) is 0 Å². The van der Waals surface area contributed by atoms with Crippen LogP contribution in [0.5, 0.6) is 0 Å². The summed E-state index contributed by atoms with van der Waals surface area (Å²) in [5.41, 5.74) is 5.97. The van der Waals surface area contributed by atoms with Crippen LogP contribution in [0.15, 0.2) is 4.99 Å². The number of nitrogens with zero attached hydrogens (tertiary/aromatic N) is 2. The minimum absolute atomic E-state index is 0.0630. The van der Waals surface area contributed by atoms with Crippen molar-refractivity contribution in [2.75, 3.05) is 13.1 Å². The summed E-state index contributed by atoms with van der Waals surface area (Å²) in [6.07, 6.45) is 6.55. The maximum atomic E-state index is 6.03. The van der Waals surface area contributed by atoms with E-state index in [2.05, 4.69) is 30.7 Å². The summed E-state index contributed by atoms with van der Waals surface area (Å²) in [5, 5.41) is 0. The lowest BCUT2D eigenvalue weighted by Crippen LogP contribution is -2.41. The summed E-state index contributed by atoms with van der Waals surface area (Å²) < 4.78 is 0. The number of hydrogen-bond acceptors (Lipinski definition) is 1. The Hall–Kier alpha value is -0.730. The zero-order chi connectivity index (χ0) is 11.3. The fourth-order valence-electron chi connectivity index (χ4n) is 1.89. The minimum atomic E-state index is -0.0630. The van der Waals surface area contributed by atoms with Crippen molar-refractivity contribution in [3.05, 3.63) is 0 Å². The van der Waals surface area contributed by atoms with E-state index in [9.17, 15) is 0 Å². The Morgan fingerprint density at radius 1 is 1.00 bits per heavy atom. The molecule has 0 unspecified atom stereocenters. The Bertz CT molecular complexity index is 207. The SMILES string of the molecule is CC(C)(C)N=C(N)N1CCCCCCC1. The van der Waals surface area contributed by atoms with Gasteiger partial charge in [0.2, 0.25) is 0 Å². The second-order valence-corrected chi connectivity index (χ2v) is 5.40. The Morgan fingerprint density at radius 2 is 1.47 bits per heavy atom. The zero-order valence-electron chi connectivity index (χ0n) is 10.4. The van der Waals surface area contributed by atoms with E-state index < -0.39 is 0 Å². The van der Waals surface area contributed by atoms with Gasteiger partial charge >= 0.3 is 0 Å². The summed E-state index contributed by atoms with van der Waals surface area (Å²) in [7, 11) is 0. The normalized spacial score (nSPS) is 21.0. The van der Waals surface area contributed by atoms with Crippen LogP contribution in [0.3, 0.4) is 0 Å². The third kappa shape index (κ3) is 5.05. The van der Waals surface area contributed by atoms with Crippen LogP contribution < -0.4 is 5.73 Å². The molecule has 1 aliphatic heterocycles. The molecule has 0 bridgehead atoms. The standard InChI is InChI=1S/C12H25N3/c1-12(2,3)14-11(13)15-9-7-5-4-6-8-10-15/h4-10H2,1-3H3,(H2,13,14). The van der Waals surface area contributed by atoms with E-state index >= 15 is 0 Å². The van der Waals surface area contributed by atoms with Gasteiger partial charge in [-0.15, -0.1) is 0 Å². The fourth-order valence-corrected chi connectivity index (χ4v) is 1.89. The van der Waals surface area contributed by atoms with Gasteiger partial charge in [-0.05, 0) is 33.6 Å². The number of rotatable bonds is 0. The molecular formula is C12H25N3. The van der Waals surface area contributed by atoms with Gasteiger partial charge in [0.1, 0.15) is 0 Å². The number of hydrogen-bond donors (Lipinski definition) is 1. The molecule has 3 heteroatoms. The van der Waals surface area contributed by atoms with Crippen molar-refractivity contribution in [2.45, 2.75) is 58.4 Å². The average molecular weight is 211 g/mol. The van der Waals surface area contributed by atoms with Crippen LogP contribution in [-0.4, -0.2) is 29.5 Å². The number of nitrogens with two attached hydrogens (primary N) is 1. The monoisotopic (exact) mass is 211 g/mol. The van der Waals surface area contributed by atoms with Crippen molar-refractivity contribution in [1.29, 1.82) is 0 Å². The van der Waals surface area contributed by atoms with E-state index in [1.165, 1.54) is 32.1 Å². The molecule has 1 aliphatic rings. The van der Waals surface area contributed by atoms with Crippen molar-refractivity contribution in [3.63, 3.8) is 0 Å². The zero-order valence-corrected chi connectivity index (χ0v) is 10.4. The van der Waals surface area contributed by atoms with Gasteiger partial charge < -0.3 is 10.6 Å². The molecule has 88 valence electrons. The molecule has 1 rings (SSSR count). The van der Waals surface area contributed by atoms with E-state index in [-0.39, 0.29) is 5.54 Å². The fraction of sp³-hybridized carbons (Fsp3) is 0.917. The minimum Gasteiger partial charge on any atom is -0.370 e. The molecule has 1 heterocycles. The first-order chi connectivity index (χ1) is 6.99. The summed E-state index contributed by atoms with van der Waals surface area (Å²) in [6, 6.07) is 0. The van der Waals surface area contributed by atoms with Gasteiger partial charge in [0.25, 0.3) is 0 Å². The Labute approximate surface area is 93.7 Å². The average Bonchev–Trinajstić information content (AvgIpc) is 1.98. The second kappa shape index (κ2) is 5.38. The van der Waals surface area contributed by atoms with Gasteiger partial charge in [-0.1, -0.05) is 19.3 Å². The summed E-state index contributed by atoms with van der Waals surface area (Å²) >= 11 is 0. The van der Waals surface area contributed by atoms with Crippen LogP contribution in [-0.2, 0) is 0 Å². The first-order valence-corrected chi connectivity index (χ1v) is 6.09. The molecule has 0 aromatic heterocycles. The van der Waals surface area contributed by atoms with Crippen molar-refractivity contribution in [3.8, 4) is 0 Å². The number of aliphatic imine (C=N–C) groups is 1. The van der Waals surface area contributed by atoms with E-state index in [4.69, 9.17) is 5.73 Å². The van der Waals surface area contributed by atoms with Crippen LogP contribution in [0.1, 0.15) is 52.9 Å². The van der Waals surface area contributed by atoms with Crippen LogP contribution >= 0.6 is 0 Å². The van der Waals surface area contributed by atoms with Gasteiger partial charge in [-0.3, -0.25) is 0 Å². The van der Waals surface area contributed by atoms with Crippen LogP contribution in [0.2, 0.25) is 0 Å². The Kier molecular flexibility index (Phi) is 4.43. The molecule has 1 fully saturated rings. The molecule has 0 atom stereocenters. The predicted molar refractivity (Wildman–Crippen MR) is 66.0 cm³/mol. The molecular weight excluding hydrogens is 186 g/mol. The largest absolute Gasteiger partial charge is 0.370 e. The maximum absolute atomic E-state index is 6.03. The molecule has 0 saturated carbocycles. The summed E-state index contributed by atoms with van der Waals surface area (Å²) in [4.78, 5) is 6.77. The van der Waals surface area contributed by atoms with Crippen LogP contribution in [0.4, 0.5) is 0 Å². The molecule has 3 nitrogen and oxygen atoms in total. The van der Waals surface area contributed by atoms with Crippen LogP contribution in [0.25, 0.3) is 0 Å². The molecule has 0 aromatic rings. The molecule has 0 aliphatic carbocycles. The maximum Gasteiger partial charge on any atom is 0.191 e. The van der Waals surface area contributed by atoms with Gasteiger partial charge in [-0.2, -0.15) is 0 Å². The van der Waals surface area contributed by atoms with Crippen molar-refractivity contribution < 1.29 is 0 Å². The van der Waals surface area contributed by atoms with Gasteiger partial charge in [0.15, 0.2) is 5.96 Å². The molecule has 0 radical (unpaired) electrons. The molecule has 1 saturated heterocycles. The summed E-state index contributed by atoms with van der Waals surface area (Å²) in [6.45, 7) is 8.41. The highest BCUT2D eigenvalue weighted by atomic mass is 15.3. The third-order valence-corrected chi connectivity index (χ3v) is 2.63. The lowest BCUT2D eigenvalue weighted by Gasteiger charge is -2.27. The first kappa shape index (κ1) is 12.3. The highest BCUT2D eigenvalue weighted by Gasteiger charge is 2.14. The van der Waals surface area contributed by atoms with Gasteiger partial charge in [0, 0.05) is 13.1 Å². The van der Waals surface area contributed by atoms with E-state index in [0.29, 0.717) is 0 Å². The predicted octanol–water partition coefficient (Wildman–Crippen LogP) is 2.37. The topological polar surface area (TPSA) is 41.6 Å². The molecule has 0 aromatic carbocycles. The Balaban J connectivity index is 2.55. The lowest BCUT2D eigenvalue weighted by molar-refractivity contribution is 0.354. The number of guanidine groups is 1. The van der Waals surface area contributed by atoms with Crippen molar-refractivity contribution in [2.24, 2.45) is 10.7 Å².